The van der Waals surface area contributed by atoms with Crippen LogP contribution >= 0.6 is 0 Å². The third-order valence-electron chi connectivity index (χ3n) is 7.21. The summed E-state index contributed by atoms with van der Waals surface area (Å²) >= 11 is 0. The molecule has 2 aromatic carbocycles. The van der Waals surface area contributed by atoms with Crippen LogP contribution in [0.5, 0.6) is 0 Å². The van der Waals surface area contributed by atoms with E-state index >= 15 is 0 Å². The van der Waals surface area contributed by atoms with Crippen molar-refractivity contribution in [1.82, 2.24) is 4.98 Å². The molecular formula is C27H31N2O+. The largest absolute Gasteiger partial charge is 0.455 e. The molecule has 2 heterocycles. The number of hydrogen-bond acceptors (Lipinski definition) is 2. The van der Waals surface area contributed by atoms with Gasteiger partial charge in [-0.25, -0.2) is 4.57 Å². The zero-order valence-corrected chi connectivity index (χ0v) is 19.2. The predicted molar refractivity (Wildman–Crippen MR) is 123 cm³/mol. The summed E-state index contributed by atoms with van der Waals surface area (Å²) in [5.74, 6) is 0. The van der Waals surface area contributed by atoms with Gasteiger partial charge >= 0.3 is 0 Å². The number of fused-ring (bicyclic) bond motifs is 5. The van der Waals surface area contributed by atoms with Gasteiger partial charge in [-0.3, -0.25) is 0 Å². The highest BCUT2D eigenvalue weighted by Gasteiger charge is 2.39. The van der Waals surface area contributed by atoms with Gasteiger partial charge in [0.25, 0.3) is 6.33 Å². The van der Waals surface area contributed by atoms with Crippen molar-refractivity contribution in [3.8, 4) is 11.3 Å². The van der Waals surface area contributed by atoms with Crippen molar-refractivity contribution in [3.63, 3.8) is 0 Å². The Labute approximate surface area is 178 Å². The number of nitrogens with zero attached hydrogens (tertiary/aromatic N) is 2. The van der Waals surface area contributed by atoms with Crippen molar-refractivity contribution in [2.24, 2.45) is 7.05 Å². The smallest absolute Gasteiger partial charge is 0.286 e. The van der Waals surface area contributed by atoms with E-state index in [9.17, 15) is 0 Å². The summed E-state index contributed by atoms with van der Waals surface area (Å²) in [6, 6.07) is 11.1. The molecule has 0 unspecified atom stereocenters. The van der Waals surface area contributed by atoms with E-state index in [2.05, 4.69) is 81.5 Å². The molecule has 0 atom stereocenters. The van der Waals surface area contributed by atoms with Crippen LogP contribution < -0.4 is 4.57 Å². The molecule has 30 heavy (non-hydrogen) atoms. The maximum atomic E-state index is 6.61. The summed E-state index contributed by atoms with van der Waals surface area (Å²) in [5.41, 5.74) is 9.77. The minimum absolute atomic E-state index is 0.129. The van der Waals surface area contributed by atoms with Gasteiger partial charge in [-0.15, -0.1) is 0 Å². The van der Waals surface area contributed by atoms with Crippen molar-refractivity contribution >= 4 is 21.9 Å². The fourth-order valence-electron chi connectivity index (χ4n) is 5.33. The summed E-state index contributed by atoms with van der Waals surface area (Å²) in [6.45, 7) is 13.7. The Bertz CT molecular complexity index is 1320. The van der Waals surface area contributed by atoms with Crippen LogP contribution in [0.4, 0.5) is 0 Å². The van der Waals surface area contributed by atoms with E-state index in [-0.39, 0.29) is 10.8 Å². The maximum absolute atomic E-state index is 6.61. The zero-order valence-electron chi connectivity index (χ0n) is 19.2. The van der Waals surface area contributed by atoms with Crippen molar-refractivity contribution in [1.29, 1.82) is 0 Å². The Kier molecular flexibility index (Phi) is 3.96. The van der Waals surface area contributed by atoms with Crippen molar-refractivity contribution in [2.45, 2.75) is 65.2 Å². The van der Waals surface area contributed by atoms with E-state index in [1.54, 1.807) is 0 Å². The van der Waals surface area contributed by atoms with Crippen LogP contribution in [-0.2, 0) is 17.9 Å². The number of hydrogen-bond donors (Lipinski definition) is 0. The number of benzene rings is 2. The van der Waals surface area contributed by atoms with Crippen molar-refractivity contribution < 1.29 is 8.98 Å². The standard InChI is InChI=1S/C27H31N2O/c1-16-8-9-18-23-21(11-10-19-24(23)27(5,6)13-12-26(19,3)4)30-25(18)22(16)20-14-17(2)28-15-29(20)7/h8-11,14-15H,12-13H2,1-7H3/q+1. The van der Waals surface area contributed by atoms with Gasteiger partial charge in [0, 0.05) is 23.8 Å². The van der Waals surface area contributed by atoms with E-state index < -0.39 is 0 Å². The Balaban J connectivity index is 1.94. The predicted octanol–water partition coefficient (Wildman–Crippen LogP) is 6.44. The molecule has 0 spiro atoms. The fraction of sp³-hybridized carbons (Fsp3) is 0.407. The normalized spacial score (nSPS) is 17.4. The second-order valence-electron chi connectivity index (χ2n) is 10.4. The minimum Gasteiger partial charge on any atom is -0.455 e. The highest BCUT2D eigenvalue weighted by molar-refractivity contribution is 6.12. The molecular weight excluding hydrogens is 368 g/mol. The van der Waals surface area contributed by atoms with Gasteiger partial charge in [-0.05, 0) is 53.4 Å². The minimum atomic E-state index is 0.129. The average Bonchev–Trinajstić information content (AvgIpc) is 3.05. The molecule has 1 aliphatic carbocycles. The van der Waals surface area contributed by atoms with E-state index in [1.807, 2.05) is 13.3 Å². The molecule has 2 aromatic heterocycles. The quantitative estimate of drug-likeness (QED) is 0.345. The lowest BCUT2D eigenvalue weighted by molar-refractivity contribution is -0.663. The van der Waals surface area contributed by atoms with Crippen LogP contribution in [0.15, 0.2) is 41.1 Å². The Morgan fingerprint density at radius 1 is 0.967 bits per heavy atom. The lowest BCUT2D eigenvalue weighted by Gasteiger charge is -2.42. The van der Waals surface area contributed by atoms with Crippen LogP contribution in [0.3, 0.4) is 0 Å². The summed E-state index contributed by atoms with van der Waals surface area (Å²) in [5, 5.41) is 2.53. The lowest BCUT2D eigenvalue weighted by Crippen LogP contribution is -2.33. The molecule has 0 N–H and O–H groups in total. The Morgan fingerprint density at radius 2 is 1.70 bits per heavy atom. The second-order valence-corrected chi connectivity index (χ2v) is 10.4. The molecule has 3 heteroatoms. The molecule has 0 amide bonds. The van der Waals surface area contributed by atoms with E-state index in [0.717, 1.165) is 22.6 Å². The molecule has 0 fully saturated rings. The molecule has 0 saturated heterocycles. The number of aryl methyl sites for hydroxylation is 3. The molecule has 0 bridgehead atoms. The first-order chi connectivity index (χ1) is 14.1. The first-order valence-corrected chi connectivity index (χ1v) is 10.9. The third kappa shape index (κ3) is 2.64. The summed E-state index contributed by atoms with van der Waals surface area (Å²) in [6.07, 6.45) is 4.29. The summed E-state index contributed by atoms with van der Waals surface area (Å²) < 4.78 is 8.70. The number of furan rings is 1. The molecule has 0 aliphatic heterocycles. The van der Waals surface area contributed by atoms with Crippen LogP contribution in [0, 0.1) is 13.8 Å². The van der Waals surface area contributed by atoms with Gasteiger partial charge in [0.2, 0.25) is 0 Å². The SMILES string of the molecule is Cc1cc(-c2c(C)ccc3c2oc2ccc4c(c23)C(C)(C)CCC4(C)C)[n+](C)cn1. The monoisotopic (exact) mass is 399 g/mol. The Morgan fingerprint density at radius 3 is 2.47 bits per heavy atom. The lowest BCUT2D eigenvalue weighted by atomic mass is 9.62. The van der Waals surface area contributed by atoms with Crippen LogP contribution in [0.2, 0.25) is 0 Å². The highest BCUT2D eigenvalue weighted by atomic mass is 16.3. The summed E-state index contributed by atoms with van der Waals surface area (Å²) in [4.78, 5) is 4.44. The Hall–Kier alpha value is -2.68. The van der Waals surface area contributed by atoms with Gasteiger partial charge in [0.15, 0.2) is 5.69 Å². The number of aromatic nitrogens is 2. The fourth-order valence-corrected chi connectivity index (χ4v) is 5.33. The molecule has 4 aromatic rings. The van der Waals surface area contributed by atoms with Crippen LogP contribution in [0.25, 0.3) is 33.2 Å². The zero-order chi connectivity index (χ0) is 21.4. The number of rotatable bonds is 1. The van der Waals surface area contributed by atoms with Crippen molar-refractivity contribution in [2.75, 3.05) is 0 Å². The van der Waals surface area contributed by atoms with Gasteiger partial charge in [-0.1, -0.05) is 50.9 Å². The third-order valence-corrected chi connectivity index (χ3v) is 7.21. The summed E-state index contributed by atoms with van der Waals surface area (Å²) in [7, 11) is 2.05. The highest BCUT2D eigenvalue weighted by Crippen LogP contribution is 2.51. The average molecular weight is 400 g/mol. The molecule has 154 valence electrons. The maximum Gasteiger partial charge on any atom is 0.286 e. The topological polar surface area (TPSA) is 29.9 Å². The first-order valence-electron chi connectivity index (χ1n) is 10.9. The van der Waals surface area contributed by atoms with Crippen LogP contribution in [0.1, 0.15) is 62.9 Å². The van der Waals surface area contributed by atoms with E-state index in [1.165, 1.54) is 45.9 Å². The van der Waals surface area contributed by atoms with Crippen LogP contribution in [-0.4, -0.2) is 4.98 Å². The van der Waals surface area contributed by atoms with Gasteiger partial charge in [0.05, 0.1) is 12.6 Å². The van der Waals surface area contributed by atoms with E-state index in [0.29, 0.717) is 0 Å². The molecule has 0 radical (unpaired) electrons. The molecule has 3 nitrogen and oxygen atoms in total. The van der Waals surface area contributed by atoms with E-state index in [4.69, 9.17) is 4.42 Å². The molecule has 0 saturated carbocycles. The molecule has 5 rings (SSSR count). The van der Waals surface area contributed by atoms with Crippen molar-refractivity contribution in [3.05, 3.63) is 59.0 Å². The molecule has 1 aliphatic rings. The van der Waals surface area contributed by atoms with Gasteiger partial charge < -0.3 is 4.42 Å². The van der Waals surface area contributed by atoms with Gasteiger partial charge in [0.1, 0.15) is 16.9 Å². The van der Waals surface area contributed by atoms with Gasteiger partial charge in [-0.2, -0.15) is 0 Å². The first kappa shape index (κ1) is 19.3. The second kappa shape index (κ2) is 6.16.